The van der Waals surface area contributed by atoms with E-state index in [4.69, 9.17) is 11.6 Å². The lowest BCUT2D eigenvalue weighted by Gasteiger charge is -2.08. The number of aromatic nitrogens is 2. The van der Waals surface area contributed by atoms with E-state index in [1.54, 1.807) is 6.07 Å². The smallest absolute Gasteiger partial charge is 0.163 e. The third-order valence-electron chi connectivity index (χ3n) is 2.77. The summed E-state index contributed by atoms with van der Waals surface area (Å²) in [4.78, 5) is 8.75. The number of hydrogen-bond acceptors (Lipinski definition) is 3. The first kappa shape index (κ1) is 12.6. The lowest BCUT2D eigenvalue weighted by Crippen LogP contribution is -1.97. The second kappa shape index (κ2) is 5.72. The molecular weight excluding hydrogens is 270 g/mol. The number of halogens is 1. The van der Waals surface area contributed by atoms with Gasteiger partial charge in [-0.1, -0.05) is 60.1 Å². The highest BCUT2D eigenvalue weighted by atomic mass is 35.5. The Morgan fingerprint density at radius 3 is 2.15 bits per heavy atom. The van der Waals surface area contributed by atoms with E-state index in [2.05, 4.69) is 15.3 Å². The van der Waals surface area contributed by atoms with Crippen molar-refractivity contribution in [3.05, 3.63) is 71.9 Å². The van der Waals surface area contributed by atoms with Gasteiger partial charge in [-0.2, -0.15) is 0 Å². The number of nitrogens with zero attached hydrogens (tertiary/aromatic N) is 2. The topological polar surface area (TPSA) is 37.8 Å². The van der Waals surface area contributed by atoms with Crippen LogP contribution in [0.25, 0.3) is 11.4 Å². The minimum Gasteiger partial charge on any atom is -0.340 e. The molecule has 4 heteroatoms. The zero-order valence-corrected chi connectivity index (χ0v) is 11.4. The average Bonchev–Trinajstić information content (AvgIpc) is 2.49. The lowest BCUT2D eigenvalue weighted by atomic mass is 10.2. The Labute approximate surface area is 122 Å². The first-order valence-corrected chi connectivity index (χ1v) is 6.61. The van der Waals surface area contributed by atoms with Gasteiger partial charge in [0.05, 0.1) is 0 Å². The zero-order valence-electron chi connectivity index (χ0n) is 10.6. The van der Waals surface area contributed by atoms with Gasteiger partial charge in [0, 0.05) is 17.3 Å². The van der Waals surface area contributed by atoms with Crippen molar-refractivity contribution >= 4 is 23.1 Å². The minimum absolute atomic E-state index is 0.414. The van der Waals surface area contributed by atoms with Gasteiger partial charge in [0.15, 0.2) is 5.82 Å². The van der Waals surface area contributed by atoms with Gasteiger partial charge in [-0.15, -0.1) is 0 Å². The monoisotopic (exact) mass is 281 g/mol. The van der Waals surface area contributed by atoms with Gasteiger partial charge in [0.25, 0.3) is 0 Å². The van der Waals surface area contributed by atoms with Crippen molar-refractivity contribution in [3.63, 3.8) is 0 Å². The van der Waals surface area contributed by atoms with Gasteiger partial charge in [-0.3, -0.25) is 0 Å². The van der Waals surface area contributed by atoms with Crippen LogP contribution in [-0.4, -0.2) is 9.97 Å². The number of anilines is 2. The van der Waals surface area contributed by atoms with Crippen LogP contribution in [0.15, 0.2) is 66.7 Å². The SMILES string of the molecule is Clc1cc(Nc2ccccc2)nc(-c2ccccc2)n1. The van der Waals surface area contributed by atoms with E-state index in [1.165, 1.54) is 0 Å². The zero-order chi connectivity index (χ0) is 13.8. The van der Waals surface area contributed by atoms with Crippen molar-refractivity contribution in [2.45, 2.75) is 0 Å². The van der Waals surface area contributed by atoms with Crippen LogP contribution in [0, 0.1) is 0 Å². The molecule has 0 saturated heterocycles. The summed E-state index contributed by atoms with van der Waals surface area (Å²) < 4.78 is 0. The molecule has 1 aromatic heterocycles. The standard InChI is InChI=1S/C16H12ClN3/c17-14-11-15(18-13-9-5-2-6-10-13)20-16(19-14)12-7-3-1-4-8-12/h1-11H,(H,18,19,20). The minimum atomic E-state index is 0.414. The van der Waals surface area contributed by atoms with Crippen LogP contribution in [0.3, 0.4) is 0 Å². The highest BCUT2D eigenvalue weighted by Gasteiger charge is 2.05. The number of para-hydroxylation sites is 1. The van der Waals surface area contributed by atoms with E-state index < -0.39 is 0 Å². The molecule has 0 atom stereocenters. The highest BCUT2D eigenvalue weighted by molar-refractivity contribution is 6.29. The summed E-state index contributed by atoms with van der Waals surface area (Å²) in [5, 5.41) is 3.63. The van der Waals surface area contributed by atoms with Crippen molar-refractivity contribution in [2.75, 3.05) is 5.32 Å². The second-order valence-electron chi connectivity index (χ2n) is 4.26. The van der Waals surface area contributed by atoms with E-state index in [0.717, 1.165) is 11.3 Å². The largest absolute Gasteiger partial charge is 0.340 e. The van der Waals surface area contributed by atoms with Crippen LogP contribution in [0.1, 0.15) is 0 Å². The van der Waals surface area contributed by atoms with Gasteiger partial charge in [-0.05, 0) is 12.1 Å². The van der Waals surface area contributed by atoms with E-state index in [9.17, 15) is 0 Å². The molecule has 1 heterocycles. The molecule has 20 heavy (non-hydrogen) atoms. The first-order valence-electron chi connectivity index (χ1n) is 6.23. The molecule has 0 amide bonds. The van der Waals surface area contributed by atoms with Crippen LogP contribution in [0.5, 0.6) is 0 Å². The Morgan fingerprint density at radius 1 is 0.800 bits per heavy atom. The molecule has 0 aliphatic heterocycles. The number of nitrogens with one attached hydrogen (secondary N) is 1. The predicted octanol–water partition coefficient (Wildman–Crippen LogP) is 4.54. The maximum Gasteiger partial charge on any atom is 0.163 e. The van der Waals surface area contributed by atoms with Gasteiger partial charge in [0.1, 0.15) is 11.0 Å². The Morgan fingerprint density at radius 2 is 1.45 bits per heavy atom. The highest BCUT2D eigenvalue weighted by Crippen LogP contribution is 2.22. The van der Waals surface area contributed by atoms with Crippen molar-refractivity contribution in [1.29, 1.82) is 0 Å². The summed E-state index contributed by atoms with van der Waals surface area (Å²) in [6, 6.07) is 21.3. The van der Waals surface area contributed by atoms with Gasteiger partial charge in [0.2, 0.25) is 0 Å². The summed E-state index contributed by atoms with van der Waals surface area (Å²) in [5.41, 5.74) is 1.90. The molecular formula is C16H12ClN3. The normalized spacial score (nSPS) is 10.2. The maximum atomic E-state index is 6.08. The fourth-order valence-electron chi connectivity index (χ4n) is 1.87. The average molecular weight is 282 g/mol. The van der Waals surface area contributed by atoms with Crippen LogP contribution >= 0.6 is 11.6 Å². The molecule has 0 fully saturated rings. The third kappa shape index (κ3) is 2.95. The molecule has 0 saturated carbocycles. The Hall–Kier alpha value is -2.39. The Balaban J connectivity index is 1.95. The molecule has 0 aliphatic carbocycles. The van der Waals surface area contributed by atoms with Crippen molar-refractivity contribution < 1.29 is 0 Å². The van der Waals surface area contributed by atoms with E-state index >= 15 is 0 Å². The second-order valence-corrected chi connectivity index (χ2v) is 4.64. The van der Waals surface area contributed by atoms with Gasteiger partial charge < -0.3 is 5.32 Å². The molecule has 3 rings (SSSR count). The van der Waals surface area contributed by atoms with Gasteiger partial charge >= 0.3 is 0 Å². The van der Waals surface area contributed by atoms with Crippen molar-refractivity contribution in [3.8, 4) is 11.4 Å². The summed E-state index contributed by atoms with van der Waals surface area (Å²) >= 11 is 6.08. The molecule has 0 radical (unpaired) electrons. The summed E-state index contributed by atoms with van der Waals surface area (Å²) in [7, 11) is 0. The quantitative estimate of drug-likeness (QED) is 0.716. The maximum absolute atomic E-state index is 6.08. The predicted molar refractivity (Wildman–Crippen MR) is 82.2 cm³/mol. The van der Waals surface area contributed by atoms with Gasteiger partial charge in [-0.25, -0.2) is 9.97 Å². The molecule has 2 aromatic carbocycles. The van der Waals surface area contributed by atoms with E-state index in [1.807, 2.05) is 60.7 Å². The summed E-state index contributed by atoms with van der Waals surface area (Å²) in [6.07, 6.45) is 0. The fourth-order valence-corrected chi connectivity index (χ4v) is 2.05. The summed E-state index contributed by atoms with van der Waals surface area (Å²) in [5.74, 6) is 1.28. The molecule has 0 unspecified atom stereocenters. The third-order valence-corrected chi connectivity index (χ3v) is 2.97. The van der Waals surface area contributed by atoms with Crippen LogP contribution in [0.4, 0.5) is 11.5 Å². The van der Waals surface area contributed by atoms with Crippen LogP contribution in [-0.2, 0) is 0 Å². The van der Waals surface area contributed by atoms with Crippen LogP contribution in [0.2, 0.25) is 5.15 Å². The lowest BCUT2D eigenvalue weighted by molar-refractivity contribution is 1.17. The van der Waals surface area contributed by atoms with Crippen molar-refractivity contribution in [2.24, 2.45) is 0 Å². The molecule has 3 aromatic rings. The summed E-state index contributed by atoms with van der Waals surface area (Å²) in [6.45, 7) is 0. The van der Waals surface area contributed by atoms with Crippen LogP contribution < -0.4 is 5.32 Å². The number of benzene rings is 2. The molecule has 0 aliphatic rings. The molecule has 0 spiro atoms. The molecule has 0 bridgehead atoms. The first-order chi connectivity index (χ1) is 9.81. The Bertz CT molecular complexity index is 699. The van der Waals surface area contributed by atoms with E-state index in [-0.39, 0.29) is 0 Å². The molecule has 98 valence electrons. The molecule has 1 N–H and O–H groups in total. The Kier molecular flexibility index (Phi) is 3.61. The van der Waals surface area contributed by atoms with E-state index in [0.29, 0.717) is 16.8 Å². The van der Waals surface area contributed by atoms with Crippen molar-refractivity contribution in [1.82, 2.24) is 9.97 Å². The molecule has 3 nitrogen and oxygen atoms in total. The fraction of sp³-hybridized carbons (Fsp3) is 0. The number of hydrogen-bond donors (Lipinski definition) is 1. The number of rotatable bonds is 3.